The first-order valence-electron chi connectivity index (χ1n) is 8.82. The van der Waals surface area contributed by atoms with Crippen molar-refractivity contribution in [1.29, 1.82) is 5.26 Å². The van der Waals surface area contributed by atoms with E-state index >= 15 is 0 Å². The third-order valence-electron chi connectivity index (χ3n) is 4.70. The highest BCUT2D eigenvalue weighted by Crippen LogP contribution is 2.37. The van der Waals surface area contributed by atoms with Gasteiger partial charge in [0.2, 0.25) is 0 Å². The third kappa shape index (κ3) is 3.00. The molecular weight excluding hydrogens is 370 g/mol. The molecule has 2 heterocycles. The van der Waals surface area contributed by atoms with Crippen LogP contribution in [0, 0.1) is 18.3 Å². The molecular formula is C22H19N3O2S. The van der Waals surface area contributed by atoms with Crippen LogP contribution in [0.25, 0.3) is 27.5 Å². The third-order valence-corrected chi connectivity index (χ3v) is 5.65. The summed E-state index contributed by atoms with van der Waals surface area (Å²) in [5, 5.41) is 9.48. The number of fused-ring (bicyclic) bond motifs is 1. The Hall–Kier alpha value is -3.30. The van der Waals surface area contributed by atoms with Gasteiger partial charge in [-0.1, -0.05) is 12.1 Å². The van der Waals surface area contributed by atoms with Gasteiger partial charge in [-0.3, -0.25) is 4.40 Å². The molecule has 28 heavy (non-hydrogen) atoms. The van der Waals surface area contributed by atoms with E-state index in [4.69, 9.17) is 14.5 Å². The summed E-state index contributed by atoms with van der Waals surface area (Å²) in [6.45, 7) is 2.08. The molecule has 0 aliphatic rings. The lowest BCUT2D eigenvalue weighted by Crippen LogP contribution is -1.96. The molecule has 0 radical (unpaired) electrons. The number of hydrogen-bond donors (Lipinski definition) is 0. The molecule has 4 rings (SSSR count). The van der Waals surface area contributed by atoms with Gasteiger partial charge >= 0.3 is 0 Å². The van der Waals surface area contributed by atoms with Crippen LogP contribution in [0.1, 0.15) is 10.6 Å². The van der Waals surface area contributed by atoms with Crippen LogP contribution >= 0.6 is 11.3 Å². The Bertz CT molecular complexity index is 1180. The number of nitriles is 1. The summed E-state index contributed by atoms with van der Waals surface area (Å²) < 4.78 is 12.7. The highest BCUT2D eigenvalue weighted by atomic mass is 32.1. The van der Waals surface area contributed by atoms with Crippen LogP contribution in [-0.2, 0) is 6.42 Å². The zero-order valence-corrected chi connectivity index (χ0v) is 16.7. The summed E-state index contributed by atoms with van der Waals surface area (Å²) in [7, 11) is 3.30. The Kier molecular flexibility index (Phi) is 4.76. The number of nitrogens with zero attached hydrogens (tertiary/aromatic N) is 3. The Morgan fingerprint density at radius 1 is 1.04 bits per heavy atom. The van der Waals surface area contributed by atoms with E-state index in [-0.39, 0.29) is 6.42 Å². The number of hydrogen-bond acceptors (Lipinski definition) is 5. The predicted molar refractivity (Wildman–Crippen MR) is 111 cm³/mol. The normalized spacial score (nSPS) is 10.8. The molecule has 5 nitrogen and oxygen atoms in total. The molecule has 140 valence electrons. The quantitative estimate of drug-likeness (QED) is 0.475. The summed E-state index contributed by atoms with van der Waals surface area (Å²) in [5.41, 5.74) is 4.79. The number of imidazole rings is 1. The number of aromatic nitrogens is 2. The highest BCUT2D eigenvalue weighted by molar-refractivity contribution is 7.17. The monoisotopic (exact) mass is 389 g/mol. The molecule has 0 unspecified atom stereocenters. The van der Waals surface area contributed by atoms with Crippen molar-refractivity contribution in [2.24, 2.45) is 0 Å². The van der Waals surface area contributed by atoms with Crippen LogP contribution in [0.2, 0.25) is 0 Å². The molecule has 0 fully saturated rings. The number of methoxy groups -OCH3 is 2. The SMILES string of the molecule is COc1ccc(-c2c(C)sc3nc(-c4cccc(OC)c4)c(CC#N)n23)cc1. The van der Waals surface area contributed by atoms with Gasteiger partial charge in [-0.25, -0.2) is 4.98 Å². The van der Waals surface area contributed by atoms with E-state index in [0.717, 1.165) is 49.5 Å². The lowest BCUT2D eigenvalue weighted by atomic mass is 10.1. The zero-order valence-electron chi connectivity index (χ0n) is 15.9. The molecule has 6 heteroatoms. The summed E-state index contributed by atoms with van der Waals surface area (Å²) in [5.74, 6) is 1.58. The minimum Gasteiger partial charge on any atom is -0.497 e. The van der Waals surface area contributed by atoms with Crippen LogP contribution in [-0.4, -0.2) is 23.6 Å². The minimum atomic E-state index is 0.271. The van der Waals surface area contributed by atoms with Gasteiger partial charge in [0.1, 0.15) is 11.5 Å². The average molecular weight is 389 g/mol. The predicted octanol–water partition coefficient (Wildman–Crippen LogP) is 5.12. The summed E-state index contributed by atoms with van der Waals surface area (Å²) in [6.07, 6.45) is 0.271. The van der Waals surface area contributed by atoms with Crippen molar-refractivity contribution in [3.63, 3.8) is 0 Å². The Morgan fingerprint density at radius 3 is 2.46 bits per heavy atom. The van der Waals surface area contributed by atoms with Crippen molar-refractivity contribution >= 4 is 16.3 Å². The van der Waals surface area contributed by atoms with E-state index < -0.39 is 0 Å². The summed E-state index contributed by atoms with van der Waals surface area (Å²) >= 11 is 1.63. The van der Waals surface area contributed by atoms with E-state index in [1.165, 1.54) is 0 Å². The van der Waals surface area contributed by atoms with Crippen molar-refractivity contribution < 1.29 is 9.47 Å². The van der Waals surface area contributed by atoms with Crippen LogP contribution < -0.4 is 9.47 Å². The molecule has 0 spiro atoms. The van der Waals surface area contributed by atoms with Crippen LogP contribution in [0.4, 0.5) is 0 Å². The second-order valence-electron chi connectivity index (χ2n) is 6.33. The molecule has 0 aliphatic heterocycles. The maximum absolute atomic E-state index is 9.48. The number of ether oxygens (including phenoxy) is 2. The first-order chi connectivity index (χ1) is 13.7. The van der Waals surface area contributed by atoms with Crippen LogP contribution in [0.3, 0.4) is 0 Å². The molecule has 0 aliphatic carbocycles. The van der Waals surface area contributed by atoms with E-state index in [0.29, 0.717) is 0 Å². The van der Waals surface area contributed by atoms with Crippen molar-refractivity contribution in [2.45, 2.75) is 13.3 Å². The average Bonchev–Trinajstić information content (AvgIpc) is 3.23. The number of benzene rings is 2. The fourth-order valence-electron chi connectivity index (χ4n) is 3.39. The maximum atomic E-state index is 9.48. The first-order valence-corrected chi connectivity index (χ1v) is 9.64. The van der Waals surface area contributed by atoms with E-state index in [2.05, 4.69) is 17.4 Å². The molecule has 4 aromatic rings. The molecule has 0 amide bonds. The number of aryl methyl sites for hydroxylation is 1. The standard InChI is InChI=1S/C22H19N3O2S/c1-14-21(15-7-9-17(26-2)10-8-15)25-19(11-12-23)20(24-22(25)28-14)16-5-4-6-18(13-16)27-3/h4-10,13H,11H2,1-3H3. The molecule has 0 saturated carbocycles. The van der Waals surface area contributed by atoms with Gasteiger partial charge < -0.3 is 9.47 Å². The largest absolute Gasteiger partial charge is 0.497 e. The molecule has 2 aromatic carbocycles. The van der Waals surface area contributed by atoms with Gasteiger partial charge in [0, 0.05) is 10.4 Å². The van der Waals surface area contributed by atoms with E-state index in [1.54, 1.807) is 25.6 Å². The van der Waals surface area contributed by atoms with E-state index in [9.17, 15) is 5.26 Å². The molecule has 0 bridgehead atoms. The zero-order chi connectivity index (χ0) is 19.7. The van der Waals surface area contributed by atoms with Gasteiger partial charge in [-0.2, -0.15) is 5.26 Å². The maximum Gasteiger partial charge on any atom is 0.195 e. The number of rotatable bonds is 5. The van der Waals surface area contributed by atoms with Gasteiger partial charge in [-0.15, -0.1) is 11.3 Å². The van der Waals surface area contributed by atoms with Gasteiger partial charge in [0.15, 0.2) is 4.96 Å². The lowest BCUT2D eigenvalue weighted by molar-refractivity contribution is 0.415. The Labute approximate surface area is 167 Å². The molecule has 0 N–H and O–H groups in total. The Morgan fingerprint density at radius 2 is 1.79 bits per heavy atom. The van der Waals surface area contributed by atoms with Gasteiger partial charge in [0.25, 0.3) is 0 Å². The van der Waals surface area contributed by atoms with Crippen LogP contribution in [0.15, 0.2) is 48.5 Å². The van der Waals surface area contributed by atoms with Crippen molar-refractivity contribution in [3.8, 4) is 40.1 Å². The molecule has 0 atom stereocenters. The lowest BCUT2D eigenvalue weighted by Gasteiger charge is -2.08. The minimum absolute atomic E-state index is 0.271. The van der Waals surface area contributed by atoms with Crippen molar-refractivity contribution in [2.75, 3.05) is 14.2 Å². The van der Waals surface area contributed by atoms with Crippen molar-refractivity contribution in [3.05, 3.63) is 59.1 Å². The van der Waals surface area contributed by atoms with Crippen LogP contribution in [0.5, 0.6) is 11.5 Å². The first kappa shape index (κ1) is 18.1. The summed E-state index contributed by atoms with van der Waals surface area (Å²) in [6, 6.07) is 18.1. The second-order valence-corrected chi connectivity index (χ2v) is 7.51. The summed E-state index contributed by atoms with van der Waals surface area (Å²) in [4.78, 5) is 6.91. The topological polar surface area (TPSA) is 59.5 Å². The van der Waals surface area contributed by atoms with Gasteiger partial charge in [0.05, 0.1) is 43.8 Å². The fourth-order valence-corrected chi connectivity index (χ4v) is 4.40. The molecule has 0 saturated heterocycles. The smallest absolute Gasteiger partial charge is 0.195 e. The molecule has 2 aromatic heterocycles. The second kappa shape index (κ2) is 7.37. The van der Waals surface area contributed by atoms with Gasteiger partial charge in [-0.05, 0) is 48.9 Å². The van der Waals surface area contributed by atoms with E-state index in [1.807, 2.05) is 48.5 Å². The van der Waals surface area contributed by atoms with Crippen molar-refractivity contribution in [1.82, 2.24) is 9.38 Å². The fraction of sp³-hybridized carbons (Fsp3) is 0.182. The Balaban J connectivity index is 1.95. The number of thiazole rings is 1. The highest BCUT2D eigenvalue weighted by Gasteiger charge is 2.21.